The summed E-state index contributed by atoms with van der Waals surface area (Å²) in [6, 6.07) is 8.97. The number of allylic oxidation sites excluding steroid dienone is 1. The maximum atomic E-state index is 13.2. The Balaban J connectivity index is 2.17. The molecule has 3 aromatic rings. The summed E-state index contributed by atoms with van der Waals surface area (Å²) in [7, 11) is 0. The molecular formula is C24H26BrN3O3. The third-order valence-corrected chi connectivity index (χ3v) is 5.54. The average Bonchev–Trinajstić information content (AvgIpc) is 2.76. The number of nitrogens with zero attached hydrogens (tertiary/aromatic N) is 3. The molecule has 0 spiro atoms. The van der Waals surface area contributed by atoms with Crippen LogP contribution in [0.25, 0.3) is 10.9 Å². The first kappa shape index (κ1) is 22.7. The van der Waals surface area contributed by atoms with Crippen LogP contribution in [-0.2, 0) is 6.42 Å². The number of aromatic hydroxyl groups is 1. The van der Waals surface area contributed by atoms with E-state index >= 15 is 0 Å². The minimum Gasteiger partial charge on any atom is -0.504 e. The molecule has 31 heavy (non-hydrogen) atoms. The van der Waals surface area contributed by atoms with Crippen molar-refractivity contribution in [1.82, 2.24) is 9.66 Å². The van der Waals surface area contributed by atoms with Gasteiger partial charge in [-0.2, -0.15) is 9.78 Å². The van der Waals surface area contributed by atoms with E-state index < -0.39 is 0 Å². The van der Waals surface area contributed by atoms with Crippen LogP contribution < -0.4 is 10.3 Å². The van der Waals surface area contributed by atoms with Crippen LogP contribution in [0, 0.1) is 0 Å². The second kappa shape index (κ2) is 9.92. The van der Waals surface area contributed by atoms with Crippen LogP contribution in [0.15, 0.2) is 57.4 Å². The highest BCUT2D eigenvalue weighted by Gasteiger charge is 2.16. The number of rotatable bonds is 8. The molecule has 0 amide bonds. The number of ether oxygens (including phenoxy) is 1. The highest BCUT2D eigenvalue weighted by molar-refractivity contribution is 9.10. The quantitative estimate of drug-likeness (QED) is 0.344. The first-order chi connectivity index (χ1) is 14.9. The van der Waals surface area contributed by atoms with Crippen molar-refractivity contribution in [3.8, 4) is 11.5 Å². The van der Waals surface area contributed by atoms with Crippen LogP contribution >= 0.6 is 15.9 Å². The fraction of sp³-hybridized carbons (Fsp3) is 0.292. The fourth-order valence-electron chi connectivity index (χ4n) is 3.24. The van der Waals surface area contributed by atoms with E-state index in [0.29, 0.717) is 46.6 Å². The summed E-state index contributed by atoms with van der Waals surface area (Å²) in [5.74, 6) is 1.12. The van der Waals surface area contributed by atoms with Crippen LogP contribution in [-0.4, -0.2) is 27.6 Å². The second-order valence-electron chi connectivity index (χ2n) is 7.25. The van der Waals surface area contributed by atoms with E-state index in [-0.39, 0.29) is 17.2 Å². The third-order valence-electron chi connectivity index (χ3n) is 5.05. The van der Waals surface area contributed by atoms with Crippen molar-refractivity contribution in [3.05, 3.63) is 74.8 Å². The first-order valence-corrected chi connectivity index (χ1v) is 11.0. The van der Waals surface area contributed by atoms with Gasteiger partial charge in [0.1, 0.15) is 5.82 Å². The van der Waals surface area contributed by atoms with E-state index in [1.807, 2.05) is 39.0 Å². The van der Waals surface area contributed by atoms with Crippen molar-refractivity contribution in [3.63, 3.8) is 0 Å². The Bertz CT molecular complexity index is 1200. The third kappa shape index (κ3) is 4.88. The van der Waals surface area contributed by atoms with Crippen molar-refractivity contribution in [2.24, 2.45) is 5.10 Å². The van der Waals surface area contributed by atoms with Gasteiger partial charge in [0.2, 0.25) is 0 Å². The smallest absolute Gasteiger partial charge is 0.282 e. The molecule has 0 saturated heterocycles. The molecule has 0 aliphatic carbocycles. The van der Waals surface area contributed by atoms with Crippen molar-refractivity contribution < 1.29 is 9.84 Å². The number of hydrogen-bond donors (Lipinski definition) is 1. The van der Waals surface area contributed by atoms with Gasteiger partial charge >= 0.3 is 0 Å². The van der Waals surface area contributed by atoms with Gasteiger partial charge in [-0.15, -0.1) is 6.58 Å². The molecule has 162 valence electrons. The number of aromatic nitrogens is 2. The molecule has 0 bridgehead atoms. The van der Waals surface area contributed by atoms with Crippen molar-refractivity contribution in [2.75, 3.05) is 6.61 Å². The number of fused-ring (bicyclic) bond motifs is 1. The molecule has 1 N–H and O–H groups in total. The van der Waals surface area contributed by atoms with Crippen LogP contribution in [0.3, 0.4) is 0 Å². The van der Waals surface area contributed by atoms with E-state index in [1.165, 1.54) is 4.68 Å². The molecule has 0 radical (unpaired) electrons. The molecule has 1 aromatic heterocycles. The van der Waals surface area contributed by atoms with Gasteiger partial charge in [-0.05, 0) is 55.7 Å². The molecule has 0 saturated carbocycles. The maximum absolute atomic E-state index is 13.2. The second-order valence-corrected chi connectivity index (χ2v) is 8.17. The minimum atomic E-state index is -0.229. The van der Waals surface area contributed by atoms with Crippen LogP contribution in [0.5, 0.6) is 11.5 Å². The lowest BCUT2D eigenvalue weighted by atomic mass is 10.1. The Kier molecular flexibility index (Phi) is 7.28. The van der Waals surface area contributed by atoms with Gasteiger partial charge in [0, 0.05) is 16.0 Å². The number of hydrogen-bond acceptors (Lipinski definition) is 5. The predicted molar refractivity (Wildman–Crippen MR) is 129 cm³/mol. The Morgan fingerprint density at radius 2 is 2.10 bits per heavy atom. The number of phenolic OH excluding ortho intramolecular Hbond substituents is 1. The van der Waals surface area contributed by atoms with Crippen molar-refractivity contribution in [1.29, 1.82) is 0 Å². The normalized spacial score (nSPS) is 12.4. The topological polar surface area (TPSA) is 76.7 Å². The molecule has 0 unspecified atom stereocenters. The Hall–Kier alpha value is -2.93. The molecule has 0 fully saturated rings. The molecule has 3 rings (SSSR count). The minimum absolute atomic E-state index is 0.0491. The summed E-state index contributed by atoms with van der Waals surface area (Å²) < 4.78 is 7.73. The maximum Gasteiger partial charge on any atom is 0.282 e. The monoisotopic (exact) mass is 483 g/mol. The highest BCUT2D eigenvalue weighted by atomic mass is 79.9. The molecular weight excluding hydrogens is 458 g/mol. The zero-order chi connectivity index (χ0) is 22.5. The summed E-state index contributed by atoms with van der Waals surface area (Å²) >= 11 is 3.42. The van der Waals surface area contributed by atoms with Crippen molar-refractivity contribution in [2.45, 2.75) is 39.5 Å². The summed E-state index contributed by atoms with van der Waals surface area (Å²) in [5.41, 5.74) is 1.80. The molecule has 6 nitrogen and oxygen atoms in total. The highest BCUT2D eigenvalue weighted by Crippen LogP contribution is 2.32. The van der Waals surface area contributed by atoms with Gasteiger partial charge in [-0.1, -0.05) is 35.9 Å². The number of benzene rings is 2. The Morgan fingerprint density at radius 1 is 1.32 bits per heavy atom. The van der Waals surface area contributed by atoms with Gasteiger partial charge < -0.3 is 9.84 Å². The van der Waals surface area contributed by atoms with Gasteiger partial charge in [-0.25, -0.2) is 4.98 Å². The van der Waals surface area contributed by atoms with E-state index in [2.05, 4.69) is 27.6 Å². The summed E-state index contributed by atoms with van der Waals surface area (Å²) in [4.78, 5) is 18.0. The van der Waals surface area contributed by atoms with Gasteiger partial charge in [0.05, 0.1) is 23.7 Å². The Labute approximate surface area is 190 Å². The molecule has 7 heteroatoms. The van der Waals surface area contributed by atoms with Gasteiger partial charge in [-0.3, -0.25) is 4.79 Å². The van der Waals surface area contributed by atoms with Crippen LogP contribution in [0.1, 0.15) is 50.1 Å². The average molecular weight is 484 g/mol. The number of phenols is 1. The van der Waals surface area contributed by atoms with Gasteiger partial charge in [0.15, 0.2) is 11.5 Å². The molecule has 2 aromatic carbocycles. The zero-order valence-electron chi connectivity index (χ0n) is 17.9. The largest absolute Gasteiger partial charge is 0.504 e. The zero-order valence-corrected chi connectivity index (χ0v) is 19.5. The summed E-state index contributed by atoms with van der Waals surface area (Å²) in [5, 5.41) is 15.4. The summed E-state index contributed by atoms with van der Waals surface area (Å²) in [6.07, 6.45) is 4.61. The standard InChI is InChI=1S/C24H26BrN3O3/c1-5-8-17-11-16(12-21(22(17)29)31-7-3)14-26-28-23(15(4)6-2)27-20-10-9-18(25)13-19(20)24(28)30/h5,9-15,29H,1,6-8H2,2-4H3/t15-/m1/s1. The molecule has 0 aliphatic heterocycles. The van der Waals surface area contributed by atoms with E-state index in [9.17, 15) is 9.90 Å². The lowest BCUT2D eigenvalue weighted by Crippen LogP contribution is -2.23. The van der Waals surface area contributed by atoms with Gasteiger partial charge in [0.25, 0.3) is 5.56 Å². The summed E-state index contributed by atoms with van der Waals surface area (Å²) in [6.45, 7) is 10.1. The number of halogens is 1. The Morgan fingerprint density at radius 3 is 2.77 bits per heavy atom. The van der Waals surface area contributed by atoms with E-state index in [0.717, 1.165) is 10.9 Å². The molecule has 1 heterocycles. The van der Waals surface area contributed by atoms with Crippen LogP contribution in [0.2, 0.25) is 0 Å². The molecule has 0 aliphatic rings. The fourth-order valence-corrected chi connectivity index (χ4v) is 3.60. The van der Waals surface area contributed by atoms with E-state index in [4.69, 9.17) is 9.72 Å². The lowest BCUT2D eigenvalue weighted by molar-refractivity contribution is 0.317. The SMILES string of the molecule is C=CCc1cc(C=Nn2c([C@H](C)CC)nc3ccc(Br)cc3c2=O)cc(OCC)c1O. The lowest BCUT2D eigenvalue weighted by Gasteiger charge is -2.14. The molecule has 1 atom stereocenters. The van der Waals surface area contributed by atoms with E-state index in [1.54, 1.807) is 24.4 Å². The first-order valence-electron chi connectivity index (χ1n) is 10.3. The van der Waals surface area contributed by atoms with Crippen molar-refractivity contribution >= 4 is 33.0 Å². The predicted octanol–water partition coefficient (Wildman–Crippen LogP) is 5.39. The van der Waals surface area contributed by atoms with Crippen LogP contribution in [0.4, 0.5) is 0 Å².